The van der Waals surface area contributed by atoms with Crippen LogP contribution in [0.3, 0.4) is 0 Å². The number of rotatable bonds is 14. The third-order valence-corrected chi connectivity index (χ3v) is 6.21. The van der Waals surface area contributed by atoms with Crippen LogP contribution in [0, 0.1) is 15.9 Å². The number of anilines is 1. The molecule has 0 aliphatic carbocycles. The van der Waals surface area contributed by atoms with E-state index in [2.05, 4.69) is 54.1 Å². The number of pyridine rings is 1. The summed E-state index contributed by atoms with van der Waals surface area (Å²) in [7, 11) is 0. The summed E-state index contributed by atoms with van der Waals surface area (Å²) >= 11 is 0. The zero-order valence-corrected chi connectivity index (χ0v) is 21.8. The molecular weight excluding hydrogens is 465 g/mol. The van der Waals surface area contributed by atoms with E-state index in [0.717, 1.165) is 30.3 Å². The lowest BCUT2D eigenvalue weighted by Gasteiger charge is -2.25. The first-order valence-electron chi connectivity index (χ1n) is 13.1. The van der Waals surface area contributed by atoms with Crippen LogP contribution in [0.25, 0.3) is 24.3 Å². The zero-order valence-electron chi connectivity index (χ0n) is 21.8. The van der Waals surface area contributed by atoms with Gasteiger partial charge in [0.1, 0.15) is 0 Å². The van der Waals surface area contributed by atoms with Crippen LogP contribution in [0.15, 0.2) is 60.8 Å². The van der Waals surface area contributed by atoms with Crippen molar-refractivity contribution in [3.8, 4) is 0 Å². The average Bonchev–Trinajstić information content (AvgIpc) is 2.91. The molecule has 6 heteroatoms. The molecule has 0 atom stereocenters. The molecule has 37 heavy (non-hydrogen) atoms. The third-order valence-electron chi connectivity index (χ3n) is 6.21. The molecule has 0 spiro atoms. The Morgan fingerprint density at radius 1 is 0.811 bits per heavy atom. The highest BCUT2D eigenvalue weighted by molar-refractivity contribution is 5.72. The van der Waals surface area contributed by atoms with Crippen molar-refractivity contribution >= 4 is 35.7 Å². The molecule has 0 N–H and O–H groups in total. The van der Waals surface area contributed by atoms with Gasteiger partial charge in [0.15, 0.2) is 0 Å². The maximum absolute atomic E-state index is 13.8. The van der Waals surface area contributed by atoms with Crippen LogP contribution >= 0.6 is 0 Å². The second-order valence-electron chi connectivity index (χ2n) is 9.14. The Morgan fingerprint density at radius 3 is 1.97 bits per heavy atom. The smallest absolute Gasteiger partial charge is 0.304 e. The SMILES string of the molecule is CCCCCN(CCCCC)c1ccc(C=Cc2ccc(C=Cc3ccc([N+](=O)[O-])c(F)c3)nc2)cc1. The van der Waals surface area contributed by atoms with Crippen molar-refractivity contribution in [2.24, 2.45) is 0 Å². The van der Waals surface area contributed by atoms with Gasteiger partial charge in [0.05, 0.1) is 10.6 Å². The quantitative estimate of drug-likeness (QED) is 0.126. The largest absolute Gasteiger partial charge is 0.372 e. The van der Waals surface area contributed by atoms with Crippen molar-refractivity contribution in [1.29, 1.82) is 0 Å². The Bertz CT molecular complexity index is 1180. The first kappa shape index (κ1) is 27.8. The molecule has 0 aliphatic rings. The molecule has 1 heterocycles. The Labute approximate surface area is 219 Å². The molecule has 0 fully saturated rings. The summed E-state index contributed by atoms with van der Waals surface area (Å²) in [5, 5.41) is 10.7. The highest BCUT2D eigenvalue weighted by Crippen LogP contribution is 2.20. The third kappa shape index (κ3) is 8.98. The Morgan fingerprint density at radius 2 is 1.41 bits per heavy atom. The molecule has 0 aliphatic heterocycles. The predicted octanol–water partition coefficient (Wildman–Crippen LogP) is 8.66. The number of benzene rings is 2. The van der Waals surface area contributed by atoms with Crippen LogP contribution < -0.4 is 4.90 Å². The van der Waals surface area contributed by atoms with E-state index in [4.69, 9.17) is 0 Å². The van der Waals surface area contributed by atoms with Gasteiger partial charge in [0.2, 0.25) is 5.82 Å². The van der Waals surface area contributed by atoms with Gasteiger partial charge in [-0.2, -0.15) is 4.39 Å². The van der Waals surface area contributed by atoms with E-state index in [-0.39, 0.29) is 0 Å². The maximum Gasteiger partial charge on any atom is 0.304 e. The fourth-order valence-electron chi connectivity index (χ4n) is 4.03. The summed E-state index contributed by atoms with van der Waals surface area (Å²) in [6.45, 7) is 6.70. The lowest BCUT2D eigenvalue weighted by molar-refractivity contribution is -0.387. The van der Waals surface area contributed by atoms with Crippen LogP contribution in [0.4, 0.5) is 15.8 Å². The molecule has 0 radical (unpaired) electrons. The minimum atomic E-state index is -0.852. The van der Waals surface area contributed by atoms with E-state index in [1.54, 1.807) is 18.3 Å². The molecule has 0 amide bonds. The molecule has 1 aromatic heterocycles. The number of nitrogens with zero attached hydrogens (tertiary/aromatic N) is 3. The van der Waals surface area contributed by atoms with E-state index in [9.17, 15) is 14.5 Å². The number of halogens is 1. The topological polar surface area (TPSA) is 59.3 Å². The van der Waals surface area contributed by atoms with Crippen LogP contribution in [-0.2, 0) is 0 Å². The highest BCUT2D eigenvalue weighted by Gasteiger charge is 2.12. The Kier molecular flexibility index (Phi) is 11.0. The standard InChI is InChI=1S/C31H36FN3O2/c1-3-5-7-21-34(22-8-6-4-2)29-18-13-25(14-19-29)9-10-27-12-17-28(33-24-27)16-11-26-15-20-31(35(36)37)30(32)23-26/h9-20,23-24H,3-8,21-22H2,1-2H3. The number of nitro benzene ring substituents is 1. The van der Waals surface area contributed by atoms with E-state index >= 15 is 0 Å². The van der Waals surface area contributed by atoms with E-state index in [1.807, 2.05) is 18.2 Å². The van der Waals surface area contributed by atoms with Gasteiger partial charge in [-0.3, -0.25) is 15.1 Å². The van der Waals surface area contributed by atoms with Crippen LogP contribution in [0.2, 0.25) is 0 Å². The number of hydrogen-bond acceptors (Lipinski definition) is 4. The van der Waals surface area contributed by atoms with Crippen molar-refractivity contribution in [3.05, 3.63) is 99.1 Å². The molecule has 0 saturated carbocycles. The summed E-state index contributed by atoms with van der Waals surface area (Å²) in [5.41, 5.74) is 4.11. The fraction of sp³-hybridized carbons (Fsp3) is 0.323. The average molecular weight is 502 g/mol. The second-order valence-corrected chi connectivity index (χ2v) is 9.14. The number of aromatic nitrogens is 1. The molecule has 194 valence electrons. The van der Waals surface area contributed by atoms with Crippen molar-refractivity contribution in [2.45, 2.75) is 52.4 Å². The van der Waals surface area contributed by atoms with Gasteiger partial charge < -0.3 is 4.90 Å². The van der Waals surface area contributed by atoms with Crippen molar-refractivity contribution < 1.29 is 9.31 Å². The van der Waals surface area contributed by atoms with E-state index in [0.29, 0.717) is 11.3 Å². The van der Waals surface area contributed by atoms with E-state index in [1.165, 1.54) is 56.3 Å². The van der Waals surface area contributed by atoms with Gasteiger partial charge in [-0.15, -0.1) is 0 Å². The zero-order chi connectivity index (χ0) is 26.5. The molecule has 0 bridgehead atoms. The summed E-state index contributed by atoms with van der Waals surface area (Å²) in [6, 6.07) is 16.4. The lowest BCUT2D eigenvalue weighted by Crippen LogP contribution is -2.25. The fourth-order valence-corrected chi connectivity index (χ4v) is 4.03. The minimum Gasteiger partial charge on any atom is -0.372 e. The number of hydrogen-bond donors (Lipinski definition) is 0. The molecule has 3 aromatic rings. The van der Waals surface area contributed by atoms with Crippen molar-refractivity contribution in [2.75, 3.05) is 18.0 Å². The van der Waals surface area contributed by atoms with Gasteiger partial charge in [0.25, 0.3) is 0 Å². The number of unbranched alkanes of at least 4 members (excludes halogenated alkanes) is 4. The summed E-state index contributed by atoms with van der Waals surface area (Å²) < 4.78 is 13.8. The minimum absolute atomic E-state index is 0.530. The molecule has 5 nitrogen and oxygen atoms in total. The van der Waals surface area contributed by atoms with Crippen LogP contribution in [0.5, 0.6) is 0 Å². The van der Waals surface area contributed by atoms with Gasteiger partial charge in [-0.25, -0.2) is 0 Å². The lowest BCUT2D eigenvalue weighted by atomic mass is 10.1. The van der Waals surface area contributed by atoms with Gasteiger partial charge in [0, 0.05) is 31.0 Å². The number of nitro groups is 1. The normalized spacial score (nSPS) is 11.4. The summed E-state index contributed by atoms with van der Waals surface area (Å²) in [6.07, 6.45) is 16.8. The van der Waals surface area contributed by atoms with Crippen molar-refractivity contribution in [1.82, 2.24) is 4.98 Å². The molecule has 2 aromatic carbocycles. The van der Waals surface area contributed by atoms with Crippen LogP contribution in [-0.4, -0.2) is 23.0 Å². The van der Waals surface area contributed by atoms with Gasteiger partial charge >= 0.3 is 5.69 Å². The van der Waals surface area contributed by atoms with Gasteiger partial charge in [-0.05, 0) is 65.9 Å². The van der Waals surface area contributed by atoms with Gasteiger partial charge in [-0.1, -0.05) is 76.0 Å². The first-order chi connectivity index (χ1) is 18.0. The van der Waals surface area contributed by atoms with Crippen molar-refractivity contribution in [3.63, 3.8) is 0 Å². The monoisotopic (exact) mass is 501 g/mol. The Balaban J connectivity index is 1.60. The Hall–Kier alpha value is -3.80. The molecule has 3 rings (SSSR count). The highest BCUT2D eigenvalue weighted by atomic mass is 19.1. The summed E-state index contributed by atoms with van der Waals surface area (Å²) in [5.74, 6) is -0.852. The predicted molar refractivity (Wildman–Crippen MR) is 153 cm³/mol. The maximum atomic E-state index is 13.8. The molecule has 0 saturated heterocycles. The molecular formula is C31H36FN3O2. The van der Waals surface area contributed by atoms with Crippen LogP contribution in [0.1, 0.15) is 74.8 Å². The first-order valence-corrected chi connectivity index (χ1v) is 13.1. The summed E-state index contributed by atoms with van der Waals surface area (Å²) in [4.78, 5) is 17.0. The second kappa shape index (κ2) is 14.7. The van der Waals surface area contributed by atoms with E-state index < -0.39 is 16.4 Å². The molecule has 0 unspecified atom stereocenters.